The molecule has 1 saturated heterocycles. The summed E-state index contributed by atoms with van der Waals surface area (Å²) < 4.78 is 41.0. The van der Waals surface area contributed by atoms with E-state index in [0.717, 1.165) is 36.3 Å². The Labute approximate surface area is 223 Å². The van der Waals surface area contributed by atoms with E-state index >= 15 is 0 Å². The van der Waals surface area contributed by atoms with E-state index in [4.69, 9.17) is 5.41 Å². The molecule has 0 aliphatic carbocycles. The molecule has 9 nitrogen and oxygen atoms in total. The molecular formula is C27H34FN5O4S. The molecule has 11 heteroatoms. The van der Waals surface area contributed by atoms with E-state index in [0.29, 0.717) is 26.2 Å². The molecule has 2 aliphatic rings. The van der Waals surface area contributed by atoms with Crippen molar-refractivity contribution in [2.45, 2.75) is 44.6 Å². The molecule has 0 bridgehead atoms. The number of nitrogens with zero attached hydrogens (tertiary/aromatic N) is 3. The zero-order valence-corrected chi connectivity index (χ0v) is 22.7. The summed E-state index contributed by atoms with van der Waals surface area (Å²) in [6, 6.07) is 10.7. The van der Waals surface area contributed by atoms with Crippen LogP contribution in [0.25, 0.3) is 0 Å². The van der Waals surface area contributed by atoms with Crippen LogP contribution in [-0.2, 0) is 21.2 Å². The number of aryl methyl sites for hydroxylation is 1. The second-order valence-corrected chi connectivity index (χ2v) is 11.4. The standard InChI is InChI=1S/C27H34FN5O4S/c1-18(19(2)29)26(34)30-38(36,37)24-9-7-23(8-10-24)31-13-15-32(16-14-31)27(35)20(3)33-12-4-5-21-17-22(28)6-11-25(21)33/h6-11,17,20,29-30,34H,4-5,12-16H2,1-3H3/b26-18-,29-19?/t20-/m1/s1. The summed E-state index contributed by atoms with van der Waals surface area (Å²) in [6.45, 7) is 7.85. The topological polar surface area (TPSA) is 117 Å². The van der Waals surface area contributed by atoms with E-state index in [1.54, 1.807) is 24.3 Å². The maximum atomic E-state index is 13.7. The number of aliphatic hydroxyl groups is 1. The van der Waals surface area contributed by atoms with E-state index < -0.39 is 15.9 Å². The van der Waals surface area contributed by atoms with Crippen LogP contribution in [0.3, 0.4) is 0 Å². The van der Waals surface area contributed by atoms with E-state index in [-0.39, 0.29) is 33.9 Å². The lowest BCUT2D eigenvalue weighted by molar-refractivity contribution is -0.132. The third-order valence-corrected chi connectivity index (χ3v) is 8.63. The first-order valence-electron chi connectivity index (χ1n) is 12.6. The highest BCUT2D eigenvalue weighted by Crippen LogP contribution is 2.30. The van der Waals surface area contributed by atoms with Crippen molar-refractivity contribution >= 4 is 33.0 Å². The monoisotopic (exact) mass is 543 g/mol. The molecule has 2 aromatic rings. The van der Waals surface area contributed by atoms with Crippen LogP contribution in [0.2, 0.25) is 0 Å². The van der Waals surface area contributed by atoms with Gasteiger partial charge in [0.1, 0.15) is 11.9 Å². The lowest BCUT2D eigenvalue weighted by atomic mass is 9.99. The Morgan fingerprint density at radius 1 is 1.05 bits per heavy atom. The lowest BCUT2D eigenvalue weighted by Crippen LogP contribution is -2.55. The smallest absolute Gasteiger partial charge is 0.264 e. The number of allylic oxidation sites excluding steroid dienone is 1. The highest BCUT2D eigenvalue weighted by molar-refractivity contribution is 7.89. The molecule has 3 N–H and O–H groups in total. The summed E-state index contributed by atoms with van der Waals surface area (Å²) in [4.78, 5) is 19.3. The Morgan fingerprint density at radius 2 is 1.71 bits per heavy atom. The molecule has 0 spiro atoms. The molecule has 4 rings (SSSR count). The molecule has 2 aliphatic heterocycles. The van der Waals surface area contributed by atoms with Crippen LogP contribution in [0.1, 0.15) is 32.8 Å². The summed E-state index contributed by atoms with van der Waals surface area (Å²) in [6.07, 6.45) is 1.68. The number of carbonyl (C=O) groups excluding carboxylic acids is 1. The van der Waals surface area contributed by atoms with Gasteiger partial charge >= 0.3 is 0 Å². The number of piperazine rings is 1. The lowest BCUT2D eigenvalue weighted by Gasteiger charge is -2.41. The van der Waals surface area contributed by atoms with Crippen molar-refractivity contribution in [3.05, 3.63) is 65.3 Å². The Hall–Kier alpha value is -3.60. The molecule has 0 radical (unpaired) electrons. The first-order valence-corrected chi connectivity index (χ1v) is 14.1. The predicted octanol–water partition coefficient (Wildman–Crippen LogP) is 3.42. The maximum Gasteiger partial charge on any atom is 0.264 e. The van der Waals surface area contributed by atoms with Gasteiger partial charge in [0.25, 0.3) is 10.0 Å². The second kappa shape index (κ2) is 11.0. The van der Waals surface area contributed by atoms with Crippen molar-refractivity contribution in [3.8, 4) is 0 Å². The highest BCUT2D eigenvalue weighted by atomic mass is 32.2. The van der Waals surface area contributed by atoms with Crippen molar-refractivity contribution in [1.29, 1.82) is 5.41 Å². The predicted molar refractivity (Wildman–Crippen MR) is 146 cm³/mol. The third-order valence-electron chi connectivity index (χ3n) is 7.27. The van der Waals surface area contributed by atoms with Crippen molar-refractivity contribution in [2.24, 2.45) is 0 Å². The number of aliphatic hydroxyl groups excluding tert-OH is 1. The van der Waals surface area contributed by atoms with E-state index in [1.807, 2.05) is 11.8 Å². The molecule has 2 heterocycles. The first-order chi connectivity index (χ1) is 18.0. The fraction of sp³-hybridized carbons (Fsp3) is 0.407. The number of hydrogen-bond donors (Lipinski definition) is 3. The average Bonchev–Trinajstić information content (AvgIpc) is 2.91. The summed E-state index contributed by atoms with van der Waals surface area (Å²) in [7, 11) is -4.00. The van der Waals surface area contributed by atoms with Gasteiger partial charge in [-0.15, -0.1) is 0 Å². The molecule has 1 fully saturated rings. The number of benzene rings is 2. The van der Waals surface area contributed by atoms with Gasteiger partial charge in [0.2, 0.25) is 11.8 Å². The fourth-order valence-corrected chi connectivity index (χ4v) is 5.88. The number of carbonyl (C=O) groups is 1. The number of sulfonamides is 1. The van der Waals surface area contributed by atoms with E-state index in [9.17, 15) is 22.7 Å². The second-order valence-electron chi connectivity index (χ2n) is 9.76. The minimum Gasteiger partial charge on any atom is -0.494 e. The number of halogens is 1. The van der Waals surface area contributed by atoms with Gasteiger partial charge in [0.05, 0.1) is 4.90 Å². The largest absolute Gasteiger partial charge is 0.494 e. The number of amides is 1. The van der Waals surface area contributed by atoms with Gasteiger partial charge in [0, 0.05) is 55.4 Å². The highest BCUT2D eigenvalue weighted by Gasteiger charge is 2.31. The Balaban J connectivity index is 1.37. The van der Waals surface area contributed by atoms with Crippen LogP contribution in [0, 0.1) is 11.2 Å². The summed E-state index contributed by atoms with van der Waals surface area (Å²) in [5.74, 6) is -0.792. The molecule has 1 atom stereocenters. The number of rotatable bonds is 7. The Morgan fingerprint density at radius 3 is 2.34 bits per heavy atom. The minimum absolute atomic E-state index is 0.00688. The summed E-state index contributed by atoms with van der Waals surface area (Å²) >= 11 is 0. The molecule has 38 heavy (non-hydrogen) atoms. The van der Waals surface area contributed by atoms with Crippen molar-refractivity contribution in [2.75, 3.05) is 42.5 Å². The average molecular weight is 544 g/mol. The van der Waals surface area contributed by atoms with E-state index in [1.165, 1.54) is 32.0 Å². The van der Waals surface area contributed by atoms with Gasteiger partial charge in [-0.2, -0.15) is 0 Å². The van der Waals surface area contributed by atoms with Gasteiger partial charge in [-0.1, -0.05) is 0 Å². The van der Waals surface area contributed by atoms with Crippen LogP contribution >= 0.6 is 0 Å². The molecule has 0 saturated carbocycles. The zero-order valence-electron chi connectivity index (χ0n) is 21.9. The quantitative estimate of drug-likeness (QED) is 0.364. The minimum atomic E-state index is -4.00. The van der Waals surface area contributed by atoms with Crippen molar-refractivity contribution in [1.82, 2.24) is 9.62 Å². The molecule has 0 unspecified atom stereocenters. The number of fused-ring (bicyclic) bond motifs is 1. The molecule has 1 amide bonds. The first kappa shape index (κ1) is 27.4. The van der Waals surface area contributed by atoms with Crippen LogP contribution in [0.4, 0.5) is 15.8 Å². The van der Waals surface area contributed by atoms with Crippen molar-refractivity contribution < 1.29 is 22.7 Å². The maximum absolute atomic E-state index is 13.7. The number of anilines is 2. The summed E-state index contributed by atoms with van der Waals surface area (Å²) in [5, 5.41) is 17.5. The van der Waals surface area contributed by atoms with Crippen LogP contribution in [0.5, 0.6) is 0 Å². The molecular weight excluding hydrogens is 509 g/mol. The number of nitrogens with one attached hydrogen (secondary N) is 2. The normalized spacial score (nSPS) is 17.4. The Bertz CT molecular complexity index is 1350. The van der Waals surface area contributed by atoms with Crippen LogP contribution in [0.15, 0.2) is 58.8 Å². The van der Waals surface area contributed by atoms with Gasteiger partial charge in [-0.3, -0.25) is 4.79 Å². The number of hydrogen-bond acceptors (Lipinski definition) is 7. The zero-order chi connectivity index (χ0) is 27.6. The van der Waals surface area contributed by atoms with Gasteiger partial charge < -0.3 is 25.2 Å². The van der Waals surface area contributed by atoms with E-state index in [2.05, 4.69) is 14.5 Å². The van der Waals surface area contributed by atoms with Crippen LogP contribution in [-0.4, -0.2) is 68.8 Å². The Kier molecular flexibility index (Phi) is 7.96. The van der Waals surface area contributed by atoms with Gasteiger partial charge in [0.15, 0.2) is 0 Å². The fourth-order valence-electron chi connectivity index (χ4n) is 4.86. The van der Waals surface area contributed by atoms with Crippen LogP contribution < -0.4 is 14.5 Å². The molecule has 2 aromatic carbocycles. The van der Waals surface area contributed by atoms with Crippen molar-refractivity contribution in [3.63, 3.8) is 0 Å². The van der Waals surface area contributed by atoms with Gasteiger partial charge in [-0.25, -0.2) is 17.5 Å². The summed E-state index contributed by atoms with van der Waals surface area (Å²) in [5.41, 5.74) is 2.90. The molecule has 204 valence electrons. The SMILES string of the molecule is CC(=N)/C(C)=C(\O)NS(=O)(=O)c1ccc(N2CCN(C(=O)[C@@H](C)N3CCCc4cc(F)ccc43)CC2)cc1. The van der Waals surface area contributed by atoms with Gasteiger partial charge in [-0.05, 0) is 81.6 Å². The molecule has 0 aromatic heterocycles. The third kappa shape index (κ3) is 5.77.